The van der Waals surface area contributed by atoms with Gasteiger partial charge in [0.1, 0.15) is 6.61 Å². The molecule has 7 nitrogen and oxygen atoms in total. The smallest absolute Gasteiger partial charge is 0.271 e. The Balaban J connectivity index is 1.48. The lowest BCUT2D eigenvalue weighted by Crippen LogP contribution is -2.20. The van der Waals surface area contributed by atoms with E-state index in [0.717, 1.165) is 11.1 Å². The fourth-order valence-corrected chi connectivity index (χ4v) is 3.39. The summed E-state index contributed by atoms with van der Waals surface area (Å²) in [5.74, 6) is -0.0976. The van der Waals surface area contributed by atoms with Crippen molar-refractivity contribution in [1.29, 1.82) is 0 Å². The van der Waals surface area contributed by atoms with Crippen molar-refractivity contribution in [1.82, 2.24) is 9.78 Å². The van der Waals surface area contributed by atoms with Gasteiger partial charge >= 0.3 is 0 Å². The molecule has 0 fully saturated rings. The summed E-state index contributed by atoms with van der Waals surface area (Å²) in [7, 11) is 0. The van der Waals surface area contributed by atoms with Crippen LogP contribution in [0.3, 0.4) is 0 Å². The molecule has 1 amide bonds. The number of rotatable bonds is 7. The molecule has 34 heavy (non-hydrogen) atoms. The summed E-state index contributed by atoms with van der Waals surface area (Å²) >= 11 is 0. The summed E-state index contributed by atoms with van der Waals surface area (Å²) in [6.07, 6.45) is 0. The Morgan fingerprint density at radius 1 is 0.912 bits per heavy atom. The molecule has 0 unspecified atom stereocenters. The van der Waals surface area contributed by atoms with Gasteiger partial charge in [0.15, 0.2) is 5.78 Å². The van der Waals surface area contributed by atoms with E-state index in [2.05, 4.69) is 10.4 Å². The van der Waals surface area contributed by atoms with E-state index in [1.54, 1.807) is 48.5 Å². The molecule has 0 aliphatic carbocycles. The predicted molar refractivity (Wildman–Crippen MR) is 130 cm³/mol. The van der Waals surface area contributed by atoms with Gasteiger partial charge in [0.25, 0.3) is 11.5 Å². The van der Waals surface area contributed by atoms with Crippen LogP contribution >= 0.6 is 0 Å². The highest BCUT2D eigenvalue weighted by Gasteiger charge is 2.10. The molecular formula is C27H23N3O4. The number of aryl methyl sites for hydroxylation is 1. The van der Waals surface area contributed by atoms with Crippen molar-refractivity contribution in [2.24, 2.45) is 0 Å². The minimum atomic E-state index is -0.331. The SMILES string of the molecule is CC(=O)c1cccc(NC(=O)c2ccc(-n3nc(OCc4cccc(C)c4)ccc3=O)cc2)c1. The van der Waals surface area contributed by atoms with E-state index in [9.17, 15) is 14.4 Å². The van der Waals surface area contributed by atoms with Gasteiger partial charge in [0.05, 0.1) is 5.69 Å². The maximum absolute atomic E-state index is 12.6. The minimum absolute atomic E-state index is 0.0801. The van der Waals surface area contributed by atoms with Gasteiger partial charge in [-0.15, -0.1) is 5.10 Å². The number of Topliss-reactive ketones (excluding diaryl/α,β-unsaturated/α-hetero) is 1. The Labute approximate surface area is 196 Å². The second-order valence-electron chi connectivity index (χ2n) is 7.84. The highest BCUT2D eigenvalue weighted by molar-refractivity contribution is 6.05. The molecule has 0 aliphatic heterocycles. The normalized spacial score (nSPS) is 10.5. The van der Waals surface area contributed by atoms with Crippen LogP contribution < -0.4 is 15.6 Å². The molecule has 0 radical (unpaired) electrons. The second kappa shape index (κ2) is 9.95. The Hall–Kier alpha value is -4.52. The first-order valence-corrected chi connectivity index (χ1v) is 10.7. The van der Waals surface area contributed by atoms with Crippen LogP contribution in [0.5, 0.6) is 5.88 Å². The molecular weight excluding hydrogens is 430 g/mol. The number of carbonyl (C=O) groups excluding carboxylic acids is 2. The zero-order valence-electron chi connectivity index (χ0n) is 18.8. The number of benzene rings is 3. The fourth-order valence-electron chi connectivity index (χ4n) is 3.39. The van der Waals surface area contributed by atoms with Crippen LogP contribution in [0.4, 0.5) is 5.69 Å². The quantitative estimate of drug-likeness (QED) is 0.414. The molecule has 0 aliphatic rings. The molecule has 0 saturated carbocycles. The fraction of sp³-hybridized carbons (Fsp3) is 0.111. The standard InChI is InChI=1S/C27H23N3O4/c1-18-5-3-6-20(15-18)17-34-25-13-14-26(32)30(29-25)24-11-9-21(10-12-24)27(33)28-23-8-4-7-22(16-23)19(2)31/h3-16H,17H2,1-2H3,(H,28,33). The van der Waals surface area contributed by atoms with Crippen molar-refractivity contribution in [2.75, 3.05) is 5.32 Å². The van der Waals surface area contributed by atoms with E-state index < -0.39 is 0 Å². The van der Waals surface area contributed by atoms with E-state index in [0.29, 0.717) is 35.0 Å². The second-order valence-corrected chi connectivity index (χ2v) is 7.84. The van der Waals surface area contributed by atoms with Gasteiger partial charge in [-0.2, -0.15) is 4.68 Å². The van der Waals surface area contributed by atoms with Gasteiger partial charge in [-0.05, 0) is 55.8 Å². The van der Waals surface area contributed by atoms with Crippen LogP contribution in [-0.2, 0) is 6.61 Å². The number of carbonyl (C=O) groups is 2. The van der Waals surface area contributed by atoms with Gasteiger partial charge in [-0.25, -0.2) is 0 Å². The molecule has 4 rings (SSSR count). The number of nitrogens with zero attached hydrogens (tertiary/aromatic N) is 2. The average Bonchev–Trinajstić information content (AvgIpc) is 2.84. The Morgan fingerprint density at radius 2 is 1.68 bits per heavy atom. The van der Waals surface area contributed by atoms with Crippen molar-refractivity contribution in [3.8, 4) is 11.6 Å². The van der Waals surface area contributed by atoms with E-state index in [4.69, 9.17) is 4.74 Å². The molecule has 0 saturated heterocycles. The Morgan fingerprint density at radius 3 is 2.41 bits per heavy atom. The first-order chi connectivity index (χ1) is 16.4. The predicted octanol–water partition coefficient (Wildman–Crippen LogP) is 4.57. The van der Waals surface area contributed by atoms with Crippen LogP contribution in [0.1, 0.15) is 38.8 Å². The van der Waals surface area contributed by atoms with Crippen LogP contribution in [-0.4, -0.2) is 21.5 Å². The number of amides is 1. The van der Waals surface area contributed by atoms with E-state index in [1.165, 1.54) is 23.7 Å². The van der Waals surface area contributed by atoms with Gasteiger partial charge in [-0.3, -0.25) is 14.4 Å². The summed E-state index contributed by atoms with van der Waals surface area (Å²) in [6.45, 7) is 3.81. The maximum Gasteiger partial charge on any atom is 0.271 e. The average molecular weight is 453 g/mol. The first-order valence-electron chi connectivity index (χ1n) is 10.7. The van der Waals surface area contributed by atoms with Gasteiger partial charge in [0, 0.05) is 28.9 Å². The zero-order valence-corrected chi connectivity index (χ0v) is 18.8. The topological polar surface area (TPSA) is 90.3 Å². The number of anilines is 1. The lowest BCUT2D eigenvalue weighted by atomic mass is 10.1. The lowest BCUT2D eigenvalue weighted by molar-refractivity contribution is 0.101. The highest BCUT2D eigenvalue weighted by atomic mass is 16.5. The van der Waals surface area contributed by atoms with Crippen LogP contribution in [0.25, 0.3) is 5.69 Å². The number of aromatic nitrogens is 2. The molecule has 4 aromatic rings. The van der Waals surface area contributed by atoms with Gasteiger partial charge in [0.2, 0.25) is 5.88 Å². The summed E-state index contributed by atoms with van der Waals surface area (Å²) in [5, 5.41) is 7.07. The number of hydrogen-bond donors (Lipinski definition) is 1. The van der Waals surface area contributed by atoms with Crippen LogP contribution in [0, 0.1) is 6.92 Å². The van der Waals surface area contributed by atoms with Crippen molar-refractivity contribution in [3.05, 3.63) is 118 Å². The molecule has 170 valence electrons. The molecule has 0 spiro atoms. The third-order valence-electron chi connectivity index (χ3n) is 5.15. The third kappa shape index (κ3) is 5.45. The molecule has 1 aromatic heterocycles. The third-order valence-corrected chi connectivity index (χ3v) is 5.15. The largest absolute Gasteiger partial charge is 0.472 e. The van der Waals surface area contributed by atoms with E-state index in [-0.39, 0.29) is 17.2 Å². The van der Waals surface area contributed by atoms with E-state index in [1.807, 2.05) is 31.2 Å². The summed E-state index contributed by atoms with van der Waals surface area (Å²) in [6, 6.07) is 24.1. The highest BCUT2D eigenvalue weighted by Crippen LogP contribution is 2.15. The number of ether oxygens (including phenoxy) is 1. The molecule has 0 atom stereocenters. The first kappa shape index (κ1) is 22.7. The molecule has 3 aromatic carbocycles. The van der Waals surface area contributed by atoms with Crippen molar-refractivity contribution in [3.63, 3.8) is 0 Å². The molecule has 7 heteroatoms. The minimum Gasteiger partial charge on any atom is -0.472 e. The van der Waals surface area contributed by atoms with E-state index >= 15 is 0 Å². The van der Waals surface area contributed by atoms with Gasteiger partial charge < -0.3 is 10.1 Å². The van der Waals surface area contributed by atoms with Crippen LogP contribution in [0.2, 0.25) is 0 Å². The summed E-state index contributed by atoms with van der Waals surface area (Å²) in [5.41, 5.74) is 3.76. The molecule has 1 heterocycles. The van der Waals surface area contributed by atoms with Crippen molar-refractivity contribution < 1.29 is 14.3 Å². The van der Waals surface area contributed by atoms with Gasteiger partial charge in [-0.1, -0.05) is 42.0 Å². The van der Waals surface area contributed by atoms with Crippen molar-refractivity contribution in [2.45, 2.75) is 20.5 Å². The summed E-state index contributed by atoms with van der Waals surface area (Å²) < 4.78 is 6.99. The summed E-state index contributed by atoms with van der Waals surface area (Å²) in [4.78, 5) is 36.5. The molecule has 1 N–H and O–H groups in total. The number of hydrogen-bond acceptors (Lipinski definition) is 5. The van der Waals surface area contributed by atoms with Crippen LogP contribution in [0.15, 0.2) is 89.7 Å². The monoisotopic (exact) mass is 453 g/mol. The Kier molecular flexibility index (Phi) is 6.64. The zero-order chi connectivity index (χ0) is 24.1. The Bertz CT molecular complexity index is 1410. The lowest BCUT2D eigenvalue weighted by Gasteiger charge is -2.10. The molecule has 0 bridgehead atoms. The number of ketones is 1. The number of nitrogens with one attached hydrogen (secondary N) is 1. The maximum atomic E-state index is 12.6. The van der Waals surface area contributed by atoms with Crippen molar-refractivity contribution >= 4 is 17.4 Å².